The lowest BCUT2D eigenvalue weighted by Gasteiger charge is -2.15. The monoisotopic (exact) mass is 331 g/mol. The minimum Gasteiger partial charge on any atom is -0.497 e. The van der Waals surface area contributed by atoms with Gasteiger partial charge in [0.1, 0.15) is 22.8 Å². The maximum Gasteiger partial charge on any atom is 0.339 e. The Hall–Kier alpha value is -2.76. The lowest BCUT2D eigenvalue weighted by Crippen LogP contribution is -2.26. The highest BCUT2D eigenvalue weighted by Gasteiger charge is 2.16. The molecule has 0 radical (unpaired) electrons. The maximum absolute atomic E-state index is 12.2. The number of ether oxygens (including phenoxy) is 1. The van der Waals surface area contributed by atoms with Crippen LogP contribution < -0.4 is 4.74 Å². The quantitative estimate of drug-likeness (QED) is 0.844. The third kappa shape index (κ3) is 4.38. The van der Waals surface area contributed by atoms with Crippen LogP contribution in [-0.2, 0) is 17.8 Å². The molecule has 6 heteroatoms. The lowest BCUT2D eigenvalue weighted by atomic mass is 10.1. The summed E-state index contributed by atoms with van der Waals surface area (Å²) in [6.07, 6.45) is 0.999. The van der Waals surface area contributed by atoms with E-state index < -0.39 is 5.97 Å². The number of amides is 1. The van der Waals surface area contributed by atoms with E-state index in [-0.39, 0.29) is 18.0 Å². The molecule has 0 fully saturated rings. The van der Waals surface area contributed by atoms with Crippen molar-refractivity contribution in [2.45, 2.75) is 26.3 Å². The van der Waals surface area contributed by atoms with Gasteiger partial charge in [-0.3, -0.25) is 4.79 Å². The molecule has 0 saturated carbocycles. The number of rotatable bonds is 7. The first-order valence-electron chi connectivity index (χ1n) is 7.60. The number of aryl methyl sites for hydroxylation is 2. The Balaban J connectivity index is 1.89. The van der Waals surface area contributed by atoms with Crippen molar-refractivity contribution in [2.75, 3.05) is 14.2 Å². The van der Waals surface area contributed by atoms with Crippen LogP contribution >= 0.6 is 0 Å². The van der Waals surface area contributed by atoms with Gasteiger partial charge in [0, 0.05) is 13.5 Å². The Kier molecular flexibility index (Phi) is 5.63. The fourth-order valence-electron chi connectivity index (χ4n) is 2.39. The summed E-state index contributed by atoms with van der Waals surface area (Å²) < 4.78 is 10.5. The average molecular weight is 331 g/mol. The molecule has 1 aromatic heterocycles. The molecule has 0 aliphatic rings. The van der Waals surface area contributed by atoms with E-state index in [2.05, 4.69) is 0 Å². The predicted octanol–water partition coefficient (Wildman–Crippen LogP) is 2.89. The summed E-state index contributed by atoms with van der Waals surface area (Å²) in [6.45, 7) is 1.84. The van der Waals surface area contributed by atoms with Crippen molar-refractivity contribution in [3.8, 4) is 5.75 Å². The number of hydrogen-bond donors (Lipinski definition) is 1. The first kappa shape index (κ1) is 17.6. The zero-order valence-electron chi connectivity index (χ0n) is 14.0. The molecule has 1 N–H and O–H groups in total. The van der Waals surface area contributed by atoms with Crippen molar-refractivity contribution in [3.63, 3.8) is 0 Å². The summed E-state index contributed by atoms with van der Waals surface area (Å²) in [5.74, 6) is 0.527. The molecule has 0 aliphatic carbocycles. The van der Waals surface area contributed by atoms with Gasteiger partial charge < -0.3 is 19.2 Å². The van der Waals surface area contributed by atoms with Crippen molar-refractivity contribution in [1.82, 2.24) is 4.90 Å². The van der Waals surface area contributed by atoms with Crippen LogP contribution in [-0.4, -0.2) is 36.0 Å². The van der Waals surface area contributed by atoms with Gasteiger partial charge in [-0.05, 0) is 37.1 Å². The molecular weight excluding hydrogens is 310 g/mol. The number of carboxylic acids is 1. The molecule has 1 aromatic carbocycles. The first-order valence-corrected chi connectivity index (χ1v) is 7.60. The third-order valence-electron chi connectivity index (χ3n) is 3.80. The molecule has 0 atom stereocenters. The van der Waals surface area contributed by atoms with Crippen LogP contribution in [0.5, 0.6) is 5.75 Å². The number of aromatic carboxylic acids is 1. The van der Waals surface area contributed by atoms with Crippen LogP contribution in [0.2, 0.25) is 0 Å². The lowest BCUT2D eigenvalue weighted by molar-refractivity contribution is -0.130. The molecule has 0 bridgehead atoms. The summed E-state index contributed by atoms with van der Waals surface area (Å²) in [6, 6.07) is 9.05. The van der Waals surface area contributed by atoms with E-state index in [0.717, 1.165) is 11.3 Å². The van der Waals surface area contributed by atoms with Gasteiger partial charge in [0.05, 0.1) is 13.7 Å². The van der Waals surface area contributed by atoms with Crippen molar-refractivity contribution in [3.05, 3.63) is 53.0 Å². The van der Waals surface area contributed by atoms with E-state index in [9.17, 15) is 9.59 Å². The van der Waals surface area contributed by atoms with Crippen LogP contribution in [0.25, 0.3) is 0 Å². The number of carbonyl (C=O) groups excluding carboxylic acids is 1. The van der Waals surface area contributed by atoms with Gasteiger partial charge in [-0.1, -0.05) is 12.1 Å². The molecule has 0 spiro atoms. The van der Waals surface area contributed by atoms with E-state index in [0.29, 0.717) is 24.4 Å². The van der Waals surface area contributed by atoms with Crippen molar-refractivity contribution < 1.29 is 23.8 Å². The van der Waals surface area contributed by atoms with Crippen molar-refractivity contribution in [2.24, 2.45) is 0 Å². The topological polar surface area (TPSA) is 80.0 Å². The highest BCUT2D eigenvalue weighted by atomic mass is 16.5. The van der Waals surface area contributed by atoms with E-state index in [1.807, 2.05) is 24.3 Å². The zero-order valence-corrected chi connectivity index (χ0v) is 14.0. The van der Waals surface area contributed by atoms with Crippen LogP contribution in [0.3, 0.4) is 0 Å². The van der Waals surface area contributed by atoms with Crippen molar-refractivity contribution in [1.29, 1.82) is 0 Å². The summed E-state index contributed by atoms with van der Waals surface area (Å²) in [5.41, 5.74) is 1.18. The fourth-order valence-corrected chi connectivity index (χ4v) is 2.39. The van der Waals surface area contributed by atoms with E-state index in [4.69, 9.17) is 14.3 Å². The molecule has 1 heterocycles. The van der Waals surface area contributed by atoms with Crippen LogP contribution in [0.4, 0.5) is 0 Å². The van der Waals surface area contributed by atoms with E-state index in [1.54, 1.807) is 21.1 Å². The number of carbonyl (C=O) groups is 2. The number of hydrogen-bond acceptors (Lipinski definition) is 4. The SMILES string of the molecule is COc1ccc(CCC(=O)N(C)Cc2cc(C(=O)O)c(C)o2)cc1. The maximum atomic E-state index is 12.2. The second kappa shape index (κ2) is 7.68. The van der Waals surface area contributed by atoms with Gasteiger partial charge in [0.15, 0.2) is 0 Å². The number of methoxy groups -OCH3 is 1. The molecule has 1 amide bonds. The first-order chi connectivity index (χ1) is 11.4. The number of furan rings is 1. The molecule has 6 nitrogen and oxygen atoms in total. The van der Waals surface area contributed by atoms with Gasteiger partial charge in [-0.2, -0.15) is 0 Å². The van der Waals surface area contributed by atoms with Crippen LogP contribution in [0, 0.1) is 6.92 Å². The molecule has 0 saturated heterocycles. The number of nitrogens with zero attached hydrogens (tertiary/aromatic N) is 1. The summed E-state index contributed by atoms with van der Waals surface area (Å²) in [5, 5.41) is 9.02. The Bertz CT molecular complexity index is 718. The zero-order chi connectivity index (χ0) is 17.7. The molecule has 2 rings (SSSR count). The Labute approximate surface area is 140 Å². The predicted molar refractivity (Wildman–Crippen MR) is 88.2 cm³/mol. The molecule has 0 unspecified atom stereocenters. The molecule has 0 aliphatic heterocycles. The summed E-state index contributed by atoms with van der Waals surface area (Å²) in [7, 11) is 3.29. The minimum atomic E-state index is -1.03. The highest BCUT2D eigenvalue weighted by molar-refractivity contribution is 5.88. The van der Waals surface area contributed by atoms with Gasteiger partial charge in [-0.15, -0.1) is 0 Å². The van der Waals surface area contributed by atoms with Gasteiger partial charge >= 0.3 is 5.97 Å². The second-order valence-corrected chi connectivity index (χ2v) is 5.59. The van der Waals surface area contributed by atoms with Crippen LogP contribution in [0.1, 0.15) is 33.9 Å². The molecule has 24 heavy (non-hydrogen) atoms. The molecular formula is C18H21NO5. The van der Waals surface area contributed by atoms with E-state index in [1.165, 1.54) is 11.0 Å². The Morgan fingerprint density at radius 2 is 1.92 bits per heavy atom. The average Bonchev–Trinajstić information content (AvgIpc) is 2.93. The smallest absolute Gasteiger partial charge is 0.339 e. The normalized spacial score (nSPS) is 10.5. The Morgan fingerprint density at radius 1 is 1.25 bits per heavy atom. The summed E-state index contributed by atoms with van der Waals surface area (Å²) >= 11 is 0. The van der Waals surface area contributed by atoms with Gasteiger partial charge in [0.25, 0.3) is 0 Å². The number of carboxylic acid groups (broad SMARTS) is 1. The highest BCUT2D eigenvalue weighted by Crippen LogP contribution is 2.17. The standard InChI is InChI=1S/C18H21NO5/c1-12-16(18(21)22)10-15(24-12)11-19(2)17(20)9-6-13-4-7-14(23-3)8-5-13/h4-5,7-8,10H,6,9,11H2,1-3H3,(H,21,22). The Morgan fingerprint density at radius 3 is 2.46 bits per heavy atom. The van der Waals surface area contributed by atoms with Crippen molar-refractivity contribution >= 4 is 11.9 Å². The second-order valence-electron chi connectivity index (χ2n) is 5.59. The van der Waals surface area contributed by atoms with Gasteiger partial charge in [-0.25, -0.2) is 4.79 Å². The summed E-state index contributed by atoms with van der Waals surface area (Å²) in [4.78, 5) is 24.8. The van der Waals surface area contributed by atoms with E-state index >= 15 is 0 Å². The largest absolute Gasteiger partial charge is 0.497 e. The number of benzene rings is 1. The minimum absolute atomic E-state index is 0.0308. The fraction of sp³-hybridized carbons (Fsp3) is 0.333. The molecule has 128 valence electrons. The van der Waals surface area contributed by atoms with Crippen LogP contribution in [0.15, 0.2) is 34.7 Å². The van der Waals surface area contributed by atoms with Gasteiger partial charge in [0.2, 0.25) is 5.91 Å². The molecule has 2 aromatic rings. The third-order valence-corrected chi connectivity index (χ3v) is 3.80.